The number of hydrogen-bond acceptors (Lipinski definition) is 5. The van der Waals surface area contributed by atoms with Crippen LogP contribution in [0.4, 0.5) is 16.2 Å². The number of carbonyl (C=O) groups is 1. The lowest BCUT2D eigenvalue weighted by Gasteiger charge is -2.18. The summed E-state index contributed by atoms with van der Waals surface area (Å²) >= 11 is 0. The molecule has 0 atom stereocenters. The number of ether oxygens (including phenoxy) is 1. The Hall–Kier alpha value is -3.35. The van der Waals surface area contributed by atoms with Crippen molar-refractivity contribution >= 4 is 17.5 Å². The van der Waals surface area contributed by atoms with Crippen molar-refractivity contribution in [2.45, 2.75) is 13.5 Å². The third-order valence-corrected chi connectivity index (χ3v) is 4.34. The molecule has 0 bridgehead atoms. The summed E-state index contributed by atoms with van der Waals surface area (Å²) in [4.78, 5) is 15.1. The topological polar surface area (TPSA) is 72.3 Å². The molecule has 2 heterocycles. The molecule has 1 N–H and O–H groups in total. The molecule has 0 aliphatic carbocycles. The van der Waals surface area contributed by atoms with Gasteiger partial charge in [0.15, 0.2) is 0 Å². The molecule has 1 aromatic heterocycles. The van der Waals surface area contributed by atoms with Gasteiger partial charge in [-0.2, -0.15) is 15.0 Å². The molecule has 7 heteroatoms. The van der Waals surface area contributed by atoms with Crippen LogP contribution >= 0.6 is 0 Å². The zero-order valence-electron chi connectivity index (χ0n) is 14.4. The van der Waals surface area contributed by atoms with Gasteiger partial charge in [-0.3, -0.25) is 4.90 Å². The SMILES string of the molecule is Cc1c(NCc2cnn(-c3ccccc3)n2)cccc1N1CCOC1=O. The van der Waals surface area contributed by atoms with Crippen LogP contribution < -0.4 is 10.2 Å². The van der Waals surface area contributed by atoms with Crippen LogP contribution in [0, 0.1) is 6.92 Å². The van der Waals surface area contributed by atoms with E-state index in [1.54, 1.807) is 15.9 Å². The van der Waals surface area contributed by atoms with Crippen LogP contribution in [-0.4, -0.2) is 34.2 Å². The summed E-state index contributed by atoms with van der Waals surface area (Å²) in [5, 5.41) is 12.2. The molecule has 26 heavy (non-hydrogen) atoms. The minimum absolute atomic E-state index is 0.295. The average Bonchev–Trinajstić information content (AvgIpc) is 3.31. The zero-order chi connectivity index (χ0) is 17.9. The van der Waals surface area contributed by atoms with Crippen molar-refractivity contribution in [1.29, 1.82) is 0 Å². The van der Waals surface area contributed by atoms with Crippen molar-refractivity contribution in [2.24, 2.45) is 0 Å². The maximum absolute atomic E-state index is 11.8. The molecular formula is C19H19N5O2. The van der Waals surface area contributed by atoms with Crippen molar-refractivity contribution in [1.82, 2.24) is 15.0 Å². The van der Waals surface area contributed by atoms with Gasteiger partial charge in [0, 0.05) is 5.69 Å². The number of amides is 1. The molecule has 0 unspecified atom stereocenters. The third kappa shape index (κ3) is 3.11. The minimum atomic E-state index is -0.295. The molecular weight excluding hydrogens is 330 g/mol. The highest BCUT2D eigenvalue weighted by atomic mass is 16.6. The third-order valence-electron chi connectivity index (χ3n) is 4.34. The maximum Gasteiger partial charge on any atom is 0.414 e. The van der Waals surface area contributed by atoms with Crippen molar-refractivity contribution in [3.8, 4) is 5.69 Å². The number of nitrogens with one attached hydrogen (secondary N) is 1. The van der Waals surface area contributed by atoms with E-state index < -0.39 is 0 Å². The summed E-state index contributed by atoms with van der Waals surface area (Å²) in [5.74, 6) is 0. The predicted molar refractivity (Wildman–Crippen MR) is 98.6 cm³/mol. The molecule has 4 rings (SSSR count). The number of aromatic nitrogens is 3. The van der Waals surface area contributed by atoms with Gasteiger partial charge in [-0.15, -0.1) is 0 Å². The van der Waals surface area contributed by atoms with Gasteiger partial charge in [0.25, 0.3) is 0 Å². The van der Waals surface area contributed by atoms with E-state index in [1.807, 2.05) is 55.5 Å². The Balaban J connectivity index is 1.49. The molecule has 1 saturated heterocycles. The highest BCUT2D eigenvalue weighted by Crippen LogP contribution is 2.29. The first-order valence-corrected chi connectivity index (χ1v) is 8.47. The molecule has 1 fully saturated rings. The molecule has 1 aliphatic heterocycles. The summed E-state index contributed by atoms with van der Waals surface area (Å²) in [6.45, 7) is 3.54. The number of nitrogens with zero attached hydrogens (tertiary/aromatic N) is 4. The van der Waals surface area contributed by atoms with E-state index in [4.69, 9.17) is 4.74 Å². The van der Waals surface area contributed by atoms with Crippen LogP contribution in [0.1, 0.15) is 11.3 Å². The Morgan fingerprint density at radius 1 is 1.15 bits per heavy atom. The summed E-state index contributed by atoms with van der Waals surface area (Å²) in [5.41, 5.74) is 4.58. The molecule has 3 aromatic rings. The van der Waals surface area contributed by atoms with Crippen LogP contribution in [0.3, 0.4) is 0 Å². The summed E-state index contributed by atoms with van der Waals surface area (Å²) in [6.07, 6.45) is 1.45. The van der Waals surface area contributed by atoms with E-state index in [0.29, 0.717) is 19.7 Å². The van der Waals surface area contributed by atoms with Gasteiger partial charge < -0.3 is 10.1 Å². The smallest absolute Gasteiger partial charge is 0.414 e. The van der Waals surface area contributed by atoms with Crippen molar-refractivity contribution in [3.63, 3.8) is 0 Å². The van der Waals surface area contributed by atoms with Gasteiger partial charge in [0.2, 0.25) is 0 Å². The van der Waals surface area contributed by atoms with Crippen LogP contribution in [0.5, 0.6) is 0 Å². The van der Waals surface area contributed by atoms with E-state index in [9.17, 15) is 4.79 Å². The van der Waals surface area contributed by atoms with Crippen molar-refractivity contribution < 1.29 is 9.53 Å². The largest absolute Gasteiger partial charge is 0.447 e. The zero-order valence-corrected chi connectivity index (χ0v) is 14.4. The van der Waals surface area contributed by atoms with E-state index in [2.05, 4.69) is 15.5 Å². The van der Waals surface area contributed by atoms with E-state index in [-0.39, 0.29) is 6.09 Å². The molecule has 0 spiro atoms. The van der Waals surface area contributed by atoms with Gasteiger partial charge in [-0.05, 0) is 36.8 Å². The van der Waals surface area contributed by atoms with Crippen LogP contribution in [0.25, 0.3) is 5.69 Å². The number of cyclic esters (lactones) is 1. The van der Waals surface area contributed by atoms with Crippen molar-refractivity contribution in [3.05, 3.63) is 66.0 Å². The van der Waals surface area contributed by atoms with Gasteiger partial charge >= 0.3 is 6.09 Å². The fourth-order valence-corrected chi connectivity index (χ4v) is 2.97. The lowest BCUT2D eigenvalue weighted by molar-refractivity contribution is 0.181. The first-order chi connectivity index (χ1) is 12.7. The number of benzene rings is 2. The van der Waals surface area contributed by atoms with Gasteiger partial charge in [-0.25, -0.2) is 4.79 Å². The Labute approximate surface area is 151 Å². The standard InChI is InChI=1S/C19H19N5O2/c1-14-17(8-5-9-18(14)23-10-11-26-19(23)25)20-12-15-13-21-24(22-15)16-6-3-2-4-7-16/h2-9,13,20H,10-12H2,1H3. The number of hydrogen-bond donors (Lipinski definition) is 1. The van der Waals surface area contributed by atoms with Gasteiger partial charge in [0.1, 0.15) is 12.3 Å². The predicted octanol–water partition coefficient (Wildman–Crippen LogP) is 3.14. The minimum Gasteiger partial charge on any atom is -0.447 e. The molecule has 0 radical (unpaired) electrons. The Bertz CT molecular complexity index is 923. The lowest BCUT2D eigenvalue weighted by Crippen LogP contribution is -2.24. The van der Waals surface area contributed by atoms with Crippen molar-refractivity contribution in [2.75, 3.05) is 23.4 Å². The first kappa shape index (κ1) is 16.1. The highest BCUT2D eigenvalue weighted by Gasteiger charge is 2.25. The summed E-state index contributed by atoms with van der Waals surface area (Å²) in [6, 6.07) is 15.6. The highest BCUT2D eigenvalue weighted by molar-refractivity contribution is 5.91. The quantitative estimate of drug-likeness (QED) is 0.766. The Morgan fingerprint density at radius 3 is 2.77 bits per heavy atom. The van der Waals surface area contributed by atoms with Crippen LogP contribution in [0.15, 0.2) is 54.7 Å². The molecule has 132 valence electrons. The second kappa shape index (κ2) is 6.87. The number of rotatable bonds is 5. The lowest BCUT2D eigenvalue weighted by atomic mass is 10.1. The molecule has 2 aromatic carbocycles. The number of carbonyl (C=O) groups excluding carboxylic acids is 1. The molecule has 1 aliphatic rings. The maximum atomic E-state index is 11.8. The van der Waals surface area contributed by atoms with E-state index in [0.717, 1.165) is 28.3 Å². The van der Waals surface area contributed by atoms with Crippen LogP contribution in [0.2, 0.25) is 0 Å². The van der Waals surface area contributed by atoms with Crippen LogP contribution in [-0.2, 0) is 11.3 Å². The Kier molecular flexibility index (Phi) is 4.27. The number of anilines is 2. The second-order valence-electron chi connectivity index (χ2n) is 6.03. The number of para-hydroxylation sites is 1. The van der Waals surface area contributed by atoms with Gasteiger partial charge in [0.05, 0.1) is 30.7 Å². The Morgan fingerprint density at radius 2 is 2.00 bits per heavy atom. The average molecular weight is 349 g/mol. The molecule has 7 nitrogen and oxygen atoms in total. The van der Waals surface area contributed by atoms with Gasteiger partial charge in [-0.1, -0.05) is 24.3 Å². The second-order valence-corrected chi connectivity index (χ2v) is 6.03. The fraction of sp³-hybridized carbons (Fsp3) is 0.211. The molecule has 1 amide bonds. The fourth-order valence-electron chi connectivity index (χ4n) is 2.97. The summed E-state index contributed by atoms with van der Waals surface area (Å²) in [7, 11) is 0. The monoisotopic (exact) mass is 349 g/mol. The van der Waals surface area contributed by atoms with E-state index >= 15 is 0 Å². The first-order valence-electron chi connectivity index (χ1n) is 8.47. The summed E-state index contributed by atoms with van der Waals surface area (Å²) < 4.78 is 5.03. The normalized spacial score (nSPS) is 13.7. The molecule has 0 saturated carbocycles. The van der Waals surface area contributed by atoms with E-state index in [1.165, 1.54) is 0 Å².